The van der Waals surface area contributed by atoms with Crippen LogP contribution in [0.4, 0.5) is 5.95 Å². The number of rotatable bonds is 2. The van der Waals surface area contributed by atoms with Crippen LogP contribution in [0.15, 0.2) is 6.33 Å². The molecule has 1 unspecified atom stereocenters. The van der Waals surface area contributed by atoms with Gasteiger partial charge in [0.05, 0.1) is 12.9 Å². The van der Waals surface area contributed by atoms with Crippen LogP contribution in [0.2, 0.25) is 5.15 Å². The third-order valence-corrected chi connectivity index (χ3v) is 3.45. The Morgan fingerprint density at radius 1 is 1.35 bits per heavy atom. The van der Waals surface area contributed by atoms with E-state index in [-0.39, 0.29) is 16.7 Å². The van der Waals surface area contributed by atoms with Gasteiger partial charge in [-0.25, -0.2) is 4.98 Å². The molecule has 0 spiro atoms. The van der Waals surface area contributed by atoms with E-state index in [0.717, 1.165) is 0 Å². The first kappa shape index (κ1) is 13.5. The maximum absolute atomic E-state index is 9.99. The van der Waals surface area contributed by atoms with Crippen molar-refractivity contribution < 1.29 is 20.1 Å². The number of imidazole rings is 1. The van der Waals surface area contributed by atoms with Crippen LogP contribution in [0.3, 0.4) is 0 Å². The molecule has 3 rings (SSSR count). The number of aliphatic hydroxyl groups excluding tert-OH is 3. The van der Waals surface area contributed by atoms with E-state index in [4.69, 9.17) is 27.2 Å². The van der Waals surface area contributed by atoms with Crippen molar-refractivity contribution in [2.75, 3.05) is 12.3 Å². The van der Waals surface area contributed by atoms with E-state index in [2.05, 4.69) is 15.0 Å². The maximum Gasteiger partial charge on any atom is 0.223 e. The lowest BCUT2D eigenvalue weighted by atomic mass is 10.1. The zero-order valence-corrected chi connectivity index (χ0v) is 10.8. The highest BCUT2D eigenvalue weighted by Gasteiger charge is 2.44. The zero-order valence-electron chi connectivity index (χ0n) is 10.1. The molecule has 0 bridgehead atoms. The van der Waals surface area contributed by atoms with Crippen LogP contribution in [0.5, 0.6) is 0 Å². The Kier molecular flexibility index (Phi) is 3.22. The molecule has 4 atom stereocenters. The first-order valence-electron chi connectivity index (χ1n) is 5.81. The minimum absolute atomic E-state index is 0.0454. The van der Waals surface area contributed by atoms with E-state index in [1.165, 1.54) is 10.9 Å². The van der Waals surface area contributed by atoms with Crippen LogP contribution in [0, 0.1) is 0 Å². The van der Waals surface area contributed by atoms with E-state index in [1.54, 1.807) is 0 Å². The average molecular weight is 302 g/mol. The van der Waals surface area contributed by atoms with Crippen LogP contribution in [-0.2, 0) is 4.74 Å². The summed E-state index contributed by atoms with van der Waals surface area (Å²) in [5, 5.41) is 28.9. The molecule has 3 heterocycles. The molecule has 0 radical (unpaired) electrons. The first-order valence-corrected chi connectivity index (χ1v) is 6.18. The summed E-state index contributed by atoms with van der Waals surface area (Å²) in [6.07, 6.45) is -2.93. The summed E-state index contributed by atoms with van der Waals surface area (Å²) >= 11 is 5.90. The first-order chi connectivity index (χ1) is 9.52. The second-order valence-electron chi connectivity index (χ2n) is 4.43. The molecule has 2 aromatic rings. The fourth-order valence-corrected chi connectivity index (χ4v) is 2.41. The van der Waals surface area contributed by atoms with Crippen molar-refractivity contribution >= 4 is 28.7 Å². The predicted octanol–water partition coefficient (Wildman–Crippen LogP) is -1.33. The fourth-order valence-electron chi connectivity index (χ4n) is 2.19. The third kappa shape index (κ3) is 1.91. The summed E-state index contributed by atoms with van der Waals surface area (Å²) < 4.78 is 6.79. The topological polar surface area (TPSA) is 140 Å². The highest BCUT2D eigenvalue weighted by molar-refractivity contribution is 6.33. The molecule has 2 aromatic heterocycles. The Morgan fingerprint density at radius 3 is 2.75 bits per heavy atom. The van der Waals surface area contributed by atoms with Gasteiger partial charge in [0, 0.05) is 0 Å². The summed E-state index contributed by atoms with van der Waals surface area (Å²) in [5.41, 5.74) is 6.11. The van der Waals surface area contributed by atoms with Crippen molar-refractivity contribution in [1.29, 1.82) is 0 Å². The van der Waals surface area contributed by atoms with Crippen LogP contribution >= 0.6 is 11.6 Å². The molecule has 1 saturated heterocycles. The van der Waals surface area contributed by atoms with Crippen molar-refractivity contribution in [3.63, 3.8) is 0 Å². The second-order valence-corrected chi connectivity index (χ2v) is 4.78. The van der Waals surface area contributed by atoms with Gasteiger partial charge in [-0.15, -0.1) is 0 Å². The van der Waals surface area contributed by atoms with Crippen molar-refractivity contribution in [2.45, 2.75) is 24.5 Å². The molecule has 9 nitrogen and oxygen atoms in total. The highest BCUT2D eigenvalue weighted by Crippen LogP contribution is 2.32. The zero-order chi connectivity index (χ0) is 14.4. The van der Waals surface area contributed by atoms with E-state index < -0.39 is 31.1 Å². The quantitative estimate of drug-likeness (QED) is 0.500. The van der Waals surface area contributed by atoms with Gasteiger partial charge >= 0.3 is 0 Å². The van der Waals surface area contributed by atoms with Crippen molar-refractivity contribution in [2.24, 2.45) is 0 Å². The lowest BCUT2D eigenvalue weighted by Gasteiger charge is -2.16. The molecule has 108 valence electrons. The number of aliphatic hydroxyl groups is 3. The number of nitrogens with zero attached hydrogens (tertiary/aromatic N) is 4. The molecule has 5 N–H and O–H groups in total. The summed E-state index contributed by atoms with van der Waals surface area (Å²) in [4.78, 5) is 11.8. The summed E-state index contributed by atoms with van der Waals surface area (Å²) in [5.74, 6) is -0.0454. The molecule has 0 aliphatic carbocycles. The Morgan fingerprint density at radius 2 is 2.10 bits per heavy atom. The summed E-state index contributed by atoms with van der Waals surface area (Å²) in [6.45, 7) is -0.417. The summed E-state index contributed by atoms with van der Waals surface area (Å²) in [7, 11) is 0. The molecule has 1 aliphatic heterocycles. The summed E-state index contributed by atoms with van der Waals surface area (Å²) in [6, 6.07) is 0. The number of nitrogens with two attached hydrogens (primary N) is 1. The normalized spacial score (nSPS) is 30.2. The number of anilines is 1. The van der Waals surface area contributed by atoms with E-state index >= 15 is 0 Å². The maximum atomic E-state index is 9.99. The molecular weight excluding hydrogens is 290 g/mol. The molecule has 0 saturated carbocycles. The molecule has 10 heteroatoms. The predicted molar refractivity (Wildman–Crippen MR) is 67.8 cm³/mol. The third-order valence-electron chi connectivity index (χ3n) is 3.19. The molecule has 0 amide bonds. The van der Waals surface area contributed by atoms with Crippen LogP contribution in [0.25, 0.3) is 11.2 Å². The highest BCUT2D eigenvalue weighted by atomic mass is 35.5. The van der Waals surface area contributed by atoms with Gasteiger partial charge in [-0.1, -0.05) is 11.6 Å². The number of fused-ring (bicyclic) bond motifs is 1. The van der Waals surface area contributed by atoms with Gasteiger partial charge in [0.1, 0.15) is 23.8 Å². The Hall–Kier alpha value is -1.52. The number of hydrogen-bond donors (Lipinski definition) is 4. The minimum atomic E-state index is -1.24. The number of aromatic nitrogens is 4. The Bertz CT molecular complexity index is 650. The second kappa shape index (κ2) is 4.79. The largest absolute Gasteiger partial charge is 0.394 e. The smallest absolute Gasteiger partial charge is 0.223 e. The van der Waals surface area contributed by atoms with Gasteiger partial charge in [-0.3, -0.25) is 4.57 Å². The Balaban J connectivity index is 2.07. The van der Waals surface area contributed by atoms with Gasteiger partial charge in [0.25, 0.3) is 0 Å². The minimum Gasteiger partial charge on any atom is -0.394 e. The molecular formula is C10H12ClN5O4. The van der Waals surface area contributed by atoms with E-state index in [1.807, 2.05) is 0 Å². The monoisotopic (exact) mass is 301 g/mol. The van der Waals surface area contributed by atoms with Crippen molar-refractivity contribution in [3.8, 4) is 0 Å². The van der Waals surface area contributed by atoms with E-state index in [9.17, 15) is 10.2 Å². The number of hydrogen-bond acceptors (Lipinski definition) is 8. The molecule has 1 fully saturated rings. The molecule has 0 aromatic carbocycles. The van der Waals surface area contributed by atoms with Gasteiger partial charge in [-0.2, -0.15) is 9.97 Å². The van der Waals surface area contributed by atoms with Crippen molar-refractivity contribution in [3.05, 3.63) is 11.5 Å². The number of nitrogen functional groups attached to an aromatic ring is 1. The van der Waals surface area contributed by atoms with Crippen molar-refractivity contribution in [1.82, 2.24) is 19.5 Å². The number of ether oxygens (including phenoxy) is 1. The van der Waals surface area contributed by atoms with E-state index in [0.29, 0.717) is 5.52 Å². The lowest BCUT2D eigenvalue weighted by molar-refractivity contribution is -0.0511. The van der Waals surface area contributed by atoms with Gasteiger partial charge < -0.3 is 25.8 Å². The van der Waals surface area contributed by atoms with Gasteiger partial charge in [0.15, 0.2) is 17.0 Å². The van der Waals surface area contributed by atoms with Gasteiger partial charge in [-0.05, 0) is 0 Å². The van der Waals surface area contributed by atoms with Crippen LogP contribution in [0.1, 0.15) is 6.23 Å². The number of halogens is 1. The van der Waals surface area contributed by atoms with Crippen LogP contribution < -0.4 is 5.73 Å². The SMILES string of the molecule is Nc1nc(Cl)c2ncn([C@@H]3O[C@H](CO)C(O)[C@@H]3O)c2n1. The Labute approximate surface area is 117 Å². The molecule has 1 aliphatic rings. The van der Waals surface area contributed by atoms with Crippen LogP contribution in [-0.4, -0.2) is 59.8 Å². The average Bonchev–Trinajstić information content (AvgIpc) is 2.93. The lowest BCUT2D eigenvalue weighted by Crippen LogP contribution is -2.33. The van der Waals surface area contributed by atoms with Gasteiger partial charge in [0.2, 0.25) is 5.95 Å². The standard InChI is InChI=1S/C10H12ClN5O4/c11-7-4-8(15-10(12)14-7)16(2-13-4)9-6(19)5(18)3(1-17)20-9/h2-3,5-6,9,17-19H,1H2,(H2,12,14,15)/t3-,5?,6+,9-/m1/s1. The molecule has 20 heavy (non-hydrogen) atoms. The fraction of sp³-hybridized carbons (Fsp3) is 0.500.